The van der Waals surface area contributed by atoms with Crippen LogP contribution < -0.4 is 16.0 Å². The summed E-state index contributed by atoms with van der Waals surface area (Å²) in [6, 6.07) is 2.63. The number of nitrogen functional groups attached to an aromatic ring is 1. The van der Waals surface area contributed by atoms with Gasteiger partial charge >= 0.3 is 12.2 Å². The summed E-state index contributed by atoms with van der Waals surface area (Å²) in [4.78, 5) is 31.8. The molecule has 3 aromatic rings. The van der Waals surface area contributed by atoms with Crippen molar-refractivity contribution in [3.63, 3.8) is 0 Å². The third-order valence-electron chi connectivity index (χ3n) is 6.39. The van der Waals surface area contributed by atoms with E-state index in [1.165, 1.54) is 0 Å². The third kappa shape index (κ3) is 4.33. The Labute approximate surface area is 196 Å². The highest BCUT2D eigenvalue weighted by molar-refractivity contribution is 6.12. The number of rotatable bonds is 4. The number of fused-ring (bicyclic) bond motifs is 1. The summed E-state index contributed by atoms with van der Waals surface area (Å²) in [6.07, 6.45) is -0.795. The quantitative estimate of drug-likeness (QED) is 0.376. The van der Waals surface area contributed by atoms with Crippen molar-refractivity contribution < 1.29 is 27.2 Å². The second kappa shape index (κ2) is 8.40. The zero-order chi connectivity index (χ0) is 24.9. The molecule has 1 aliphatic carbocycles. The summed E-state index contributed by atoms with van der Waals surface area (Å²) in [5.41, 5.74) is 5.60. The second-order valence-corrected chi connectivity index (χ2v) is 8.71. The topological polar surface area (TPSA) is 120 Å². The van der Waals surface area contributed by atoms with Crippen molar-refractivity contribution in [1.29, 1.82) is 0 Å². The molecule has 1 aliphatic heterocycles. The number of nitrogens with two attached hydrogens (primary N) is 1. The van der Waals surface area contributed by atoms with Gasteiger partial charge in [0.25, 0.3) is 5.91 Å². The number of aromatic amines is 1. The average Bonchev–Trinajstić information content (AvgIpc) is 3.32. The lowest BCUT2D eigenvalue weighted by Gasteiger charge is -2.34. The monoisotopic (exact) mass is 491 g/mol. The van der Waals surface area contributed by atoms with E-state index in [0.717, 1.165) is 21.6 Å². The van der Waals surface area contributed by atoms with E-state index < -0.39 is 36.0 Å². The van der Waals surface area contributed by atoms with Gasteiger partial charge in [-0.05, 0) is 49.9 Å². The van der Waals surface area contributed by atoms with Gasteiger partial charge in [0.1, 0.15) is 18.2 Å². The van der Waals surface area contributed by atoms with E-state index in [2.05, 4.69) is 20.5 Å². The van der Waals surface area contributed by atoms with Gasteiger partial charge in [-0.15, -0.1) is 0 Å². The number of aromatic nitrogens is 3. The first-order valence-corrected chi connectivity index (χ1v) is 11.0. The molecule has 0 spiro atoms. The van der Waals surface area contributed by atoms with E-state index in [9.17, 15) is 27.2 Å². The van der Waals surface area contributed by atoms with Crippen LogP contribution in [0, 0.1) is 5.82 Å². The van der Waals surface area contributed by atoms with Crippen molar-refractivity contribution in [2.75, 3.05) is 22.5 Å². The van der Waals surface area contributed by atoms with Crippen molar-refractivity contribution in [2.45, 2.75) is 43.9 Å². The molecule has 2 aliphatic rings. The van der Waals surface area contributed by atoms with Crippen LogP contribution in [0.15, 0.2) is 30.5 Å². The third-order valence-corrected chi connectivity index (χ3v) is 6.39. The molecule has 4 N–H and O–H groups in total. The standard InChI is InChI=1S/C22H21F4N7O2/c23-12-5-11(22(24,25)26)6-16(7-12)32-10-18(34)33(21(32)35)15-3-1-13(2-4-15)29-14-8-17-19(27)30-31-20(17)28-9-14/h5-9,13,15,29H,1-4,10H2,(H3,27,28,30,31). The van der Waals surface area contributed by atoms with Gasteiger partial charge in [-0.3, -0.25) is 19.7 Å². The number of H-pyrrole nitrogens is 1. The molecule has 13 heteroatoms. The fraction of sp³-hybridized carbons (Fsp3) is 0.364. The minimum atomic E-state index is -4.78. The number of imide groups is 1. The number of pyridine rings is 1. The Bertz CT molecular complexity index is 1300. The van der Waals surface area contributed by atoms with Crippen LogP contribution in [0.1, 0.15) is 31.2 Å². The number of carbonyl (C=O) groups excluding carboxylic acids is 2. The molecule has 1 saturated heterocycles. The maximum absolute atomic E-state index is 13.8. The van der Waals surface area contributed by atoms with Crippen LogP contribution in [0.4, 0.5) is 39.5 Å². The number of nitrogens with one attached hydrogen (secondary N) is 2. The molecular weight excluding hydrogens is 470 g/mol. The van der Waals surface area contributed by atoms with Crippen LogP contribution in [0.5, 0.6) is 0 Å². The minimum Gasteiger partial charge on any atom is -0.384 e. The minimum absolute atomic E-state index is 0.0695. The Morgan fingerprint density at radius 3 is 2.54 bits per heavy atom. The predicted molar refractivity (Wildman–Crippen MR) is 119 cm³/mol. The molecule has 0 atom stereocenters. The number of benzene rings is 1. The van der Waals surface area contributed by atoms with Crippen molar-refractivity contribution in [1.82, 2.24) is 20.1 Å². The maximum atomic E-state index is 13.8. The van der Waals surface area contributed by atoms with E-state index in [-0.39, 0.29) is 17.8 Å². The first-order valence-electron chi connectivity index (χ1n) is 11.0. The molecule has 5 rings (SSSR count). The first-order chi connectivity index (χ1) is 16.6. The fourth-order valence-electron chi connectivity index (χ4n) is 4.68. The number of nitrogens with zero attached hydrogens (tertiary/aromatic N) is 4. The lowest BCUT2D eigenvalue weighted by molar-refractivity contribution is -0.137. The molecule has 1 aromatic carbocycles. The molecule has 3 amide bonds. The van der Waals surface area contributed by atoms with Crippen molar-refractivity contribution in [2.24, 2.45) is 0 Å². The number of amides is 3. The zero-order valence-corrected chi connectivity index (χ0v) is 18.3. The number of hydrogen-bond donors (Lipinski definition) is 3. The van der Waals surface area contributed by atoms with Crippen LogP contribution in [0.25, 0.3) is 11.0 Å². The summed E-state index contributed by atoms with van der Waals surface area (Å²) in [5.74, 6) is -1.24. The average molecular weight is 491 g/mol. The maximum Gasteiger partial charge on any atom is 0.416 e. The van der Waals surface area contributed by atoms with Crippen LogP contribution in [0.2, 0.25) is 0 Å². The van der Waals surface area contributed by atoms with E-state index in [0.29, 0.717) is 54.7 Å². The van der Waals surface area contributed by atoms with E-state index in [1.807, 2.05) is 6.07 Å². The van der Waals surface area contributed by atoms with Gasteiger partial charge < -0.3 is 11.1 Å². The van der Waals surface area contributed by atoms with Gasteiger partial charge in [-0.1, -0.05) is 0 Å². The summed E-state index contributed by atoms with van der Waals surface area (Å²) in [6.45, 7) is -0.435. The Morgan fingerprint density at radius 2 is 1.83 bits per heavy atom. The molecule has 0 bridgehead atoms. The van der Waals surface area contributed by atoms with Crippen LogP contribution >= 0.6 is 0 Å². The number of carbonyl (C=O) groups is 2. The van der Waals surface area contributed by atoms with Gasteiger partial charge in [0.15, 0.2) is 5.65 Å². The van der Waals surface area contributed by atoms with Crippen molar-refractivity contribution >= 4 is 40.2 Å². The van der Waals surface area contributed by atoms with Crippen LogP contribution in [-0.2, 0) is 11.0 Å². The molecule has 0 unspecified atom stereocenters. The van der Waals surface area contributed by atoms with E-state index in [4.69, 9.17) is 5.73 Å². The van der Waals surface area contributed by atoms with Gasteiger partial charge in [0, 0.05) is 17.8 Å². The van der Waals surface area contributed by atoms with Crippen LogP contribution in [0.3, 0.4) is 0 Å². The van der Waals surface area contributed by atoms with Gasteiger partial charge in [0.05, 0.1) is 22.8 Å². The Hall–Kier alpha value is -3.90. The smallest absolute Gasteiger partial charge is 0.384 e. The molecule has 2 aromatic heterocycles. The van der Waals surface area contributed by atoms with E-state index in [1.54, 1.807) is 6.20 Å². The summed E-state index contributed by atoms with van der Waals surface area (Å²) >= 11 is 0. The second-order valence-electron chi connectivity index (χ2n) is 8.71. The van der Waals surface area contributed by atoms with Crippen molar-refractivity contribution in [3.05, 3.63) is 41.8 Å². The highest BCUT2D eigenvalue weighted by Gasteiger charge is 2.43. The lowest BCUT2D eigenvalue weighted by atomic mass is 9.90. The van der Waals surface area contributed by atoms with Crippen LogP contribution in [-0.4, -0.2) is 50.6 Å². The van der Waals surface area contributed by atoms with Crippen molar-refractivity contribution in [3.8, 4) is 0 Å². The molecule has 2 fully saturated rings. The summed E-state index contributed by atoms with van der Waals surface area (Å²) in [7, 11) is 0. The number of anilines is 3. The number of hydrogen-bond acceptors (Lipinski definition) is 6. The highest BCUT2D eigenvalue weighted by atomic mass is 19.4. The number of alkyl halides is 3. The normalized spacial score (nSPS) is 21.3. The van der Waals surface area contributed by atoms with Gasteiger partial charge in [-0.25, -0.2) is 14.2 Å². The Morgan fingerprint density at radius 1 is 1.09 bits per heavy atom. The summed E-state index contributed by atoms with van der Waals surface area (Å²) < 4.78 is 53.1. The molecule has 35 heavy (non-hydrogen) atoms. The van der Waals surface area contributed by atoms with E-state index >= 15 is 0 Å². The first kappa shape index (κ1) is 22.9. The zero-order valence-electron chi connectivity index (χ0n) is 18.3. The number of halogens is 4. The molecular formula is C22H21F4N7O2. The van der Waals surface area contributed by atoms with Gasteiger partial charge in [0.2, 0.25) is 0 Å². The molecule has 9 nitrogen and oxygen atoms in total. The largest absolute Gasteiger partial charge is 0.416 e. The summed E-state index contributed by atoms with van der Waals surface area (Å²) in [5, 5.41) is 10.7. The molecule has 184 valence electrons. The lowest BCUT2D eigenvalue weighted by Crippen LogP contribution is -2.44. The van der Waals surface area contributed by atoms with Gasteiger partial charge in [-0.2, -0.15) is 18.3 Å². The molecule has 3 heterocycles. The molecule has 0 radical (unpaired) electrons. The molecule has 1 saturated carbocycles. The number of urea groups is 1. The Balaban J connectivity index is 1.25. The highest BCUT2D eigenvalue weighted by Crippen LogP contribution is 2.35. The Kier molecular flexibility index (Phi) is 5.49. The SMILES string of the molecule is Nc1[nH]nc2ncc(NC3CCC(N4C(=O)CN(c5cc(F)cc(C(F)(F)F)c5)C4=O)CC3)cc12. The fourth-order valence-corrected chi connectivity index (χ4v) is 4.68. The predicted octanol–water partition coefficient (Wildman–Crippen LogP) is 3.89.